The quantitative estimate of drug-likeness (QED) is 0.692. The minimum Gasteiger partial charge on any atom is -0.393 e. The van der Waals surface area contributed by atoms with Gasteiger partial charge in [-0.1, -0.05) is 36.4 Å². The molecule has 0 bridgehead atoms. The molecule has 0 heterocycles. The van der Waals surface area contributed by atoms with E-state index in [1.165, 1.54) is 6.07 Å². The number of sulfonamides is 1. The average molecular weight is 403 g/mol. The number of aliphatic hydroxyl groups is 1. The van der Waals surface area contributed by atoms with Gasteiger partial charge in [-0.25, -0.2) is 13.1 Å². The lowest BCUT2D eigenvalue weighted by Crippen LogP contribution is -2.38. The highest BCUT2D eigenvalue weighted by molar-refractivity contribution is 7.89. The van der Waals surface area contributed by atoms with Crippen molar-refractivity contribution >= 4 is 15.9 Å². The van der Waals surface area contributed by atoms with E-state index in [1.54, 1.807) is 19.1 Å². The van der Waals surface area contributed by atoms with Crippen LogP contribution < -0.4 is 10.0 Å². The number of carbonyl (C=O) groups is 1. The summed E-state index contributed by atoms with van der Waals surface area (Å²) in [4.78, 5) is 12.7. The van der Waals surface area contributed by atoms with Crippen molar-refractivity contribution in [1.29, 1.82) is 0 Å². The van der Waals surface area contributed by atoms with E-state index in [0.717, 1.165) is 18.4 Å². The van der Waals surface area contributed by atoms with Crippen molar-refractivity contribution in [2.24, 2.45) is 0 Å². The fourth-order valence-corrected chi connectivity index (χ4v) is 4.66. The molecule has 2 aromatic rings. The summed E-state index contributed by atoms with van der Waals surface area (Å²) in [6, 6.07) is 14.0. The van der Waals surface area contributed by atoms with Crippen LogP contribution in [0, 0.1) is 6.92 Å². The summed E-state index contributed by atoms with van der Waals surface area (Å²) in [5, 5.41) is 12.5. The zero-order valence-electron chi connectivity index (χ0n) is 15.9. The molecule has 0 saturated heterocycles. The molecular formula is C21H26N2O4S. The fraction of sp³-hybridized carbons (Fsp3) is 0.381. The van der Waals surface area contributed by atoms with Crippen molar-refractivity contribution in [3.63, 3.8) is 0 Å². The van der Waals surface area contributed by atoms with E-state index < -0.39 is 10.0 Å². The Hall–Kier alpha value is -2.22. The molecule has 6 nitrogen and oxygen atoms in total. The van der Waals surface area contributed by atoms with Crippen LogP contribution >= 0.6 is 0 Å². The van der Waals surface area contributed by atoms with Gasteiger partial charge in [0.25, 0.3) is 5.91 Å². The molecule has 0 aromatic heterocycles. The van der Waals surface area contributed by atoms with Gasteiger partial charge in [-0.15, -0.1) is 0 Å². The van der Waals surface area contributed by atoms with Gasteiger partial charge < -0.3 is 10.4 Å². The normalized spacial score (nSPS) is 19.9. The zero-order valence-corrected chi connectivity index (χ0v) is 16.7. The molecule has 1 aliphatic rings. The monoisotopic (exact) mass is 402 g/mol. The van der Waals surface area contributed by atoms with Crippen molar-refractivity contribution in [3.05, 3.63) is 65.2 Å². The third-order valence-electron chi connectivity index (χ3n) is 5.08. The van der Waals surface area contributed by atoms with Gasteiger partial charge >= 0.3 is 0 Å². The highest BCUT2D eigenvalue weighted by Gasteiger charge is 2.23. The molecule has 3 rings (SSSR count). The molecule has 3 N–H and O–H groups in total. The molecule has 1 fully saturated rings. The number of aliphatic hydroxyl groups excluding tert-OH is 1. The fourth-order valence-electron chi connectivity index (χ4n) is 3.37. The summed E-state index contributed by atoms with van der Waals surface area (Å²) in [7, 11) is -3.75. The standard InChI is InChI=1S/C21H26N2O4S/c1-15-7-8-17(21(25)23-18-9-11-19(24)12-10-18)13-20(15)28(26,27)22-14-16-5-3-2-4-6-16/h2-8,13,18-19,22,24H,9-12,14H2,1H3,(H,23,25). The van der Waals surface area contributed by atoms with E-state index in [1.807, 2.05) is 30.3 Å². The summed E-state index contributed by atoms with van der Waals surface area (Å²) in [5.41, 5.74) is 1.76. The number of amides is 1. The van der Waals surface area contributed by atoms with Crippen LogP contribution in [0.15, 0.2) is 53.4 Å². The zero-order chi connectivity index (χ0) is 20.1. The van der Waals surface area contributed by atoms with E-state index in [-0.39, 0.29) is 29.5 Å². The second-order valence-corrected chi connectivity index (χ2v) is 9.00. The Bertz CT molecular complexity index is 921. The van der Waals surface area contributed by atoms with Gasteiger partial charge in [-0.3, -0.25) is 4.79 Å². The van der Waals surface area contributed by atoms with Gasteiger partial charge in [0.1, 0.15) is 0 Å². The van der Waals surface area contributed by atoms with Gasteiger partial charge in [-0.2, -0.15) is 0 Å². The number of carbonyl (C=O) groups excluding carboxylic acids is 1. The first-order chi connectivity index (χ1) is 13.3. The lowest BCUT2D eigenvalue weighted by atomic mass is 9.93. The Morgan fingerprint density at radius 2 is 1.75 bits per heavy atom. The molecule has 0 aliphatic heterocycles. The maximum atomic E-state index is 12.8. The largest absolute Gasteiger partial charge is 0.393 e. The lowest BCUT2D eigenvalue weighted by molar-refractivity contribution is 0.0867. The summed E-state index contributed by atoms with van der Waals surface area (Å²) >= 11 is 0. The second-order valence-electron chi connectivity index (χ2n) is 7.27. The van der Waals surface area contributed by atoms with Crippen LogP contribution in [0.2, 0.25) is 0 Å². The highest BCUT2D eigenvalue weighted by atomic mass is 32.2. The Balaban J connectivity index is 1.72. The average Bonchev–Trinajstić information content (AvgIpc) is 2.69. The summed E-state index contributed by atoms with van der Waals surface area (Å²) in [6.45, 7) is 1.89. The SMILES string of the molecule is Cc1ccc(C(=O)NC2CCC(O)CC2)cc1S(=O)(=O)NCc1ccccc1. The number of hydrogen-bond donors (Lipinski definition) is 3. The van der Waals surface area contributed by atoms with E-state index in [4.69, 9.17) is 0 Å². The smallest absolute Gasteiger partial charge is 0.251 e. The second kappa shape index (κ2) is 8.86. The van der Waals surface area contributed by atoms with Crippen LogP contribution in [0.4, 0.5) is 0 Å². The van der Waals surface area contributed by atoms with Gasteiger partial charge in [0.15, 0.2) is 0 Å². The molecule has 0 radical (unpaired) electrons. The van der Waals surface area contributed by atoms with Gasteiger partial charge in [0.2, 0.25) is 10.0 Å². The van der Waals surface area contributed by atoms with Crippen molar-refractivity contribution in [2.75, 3.05) is 0 Å². The molecule has 2 aromatic carbocycles. The molecule has 1 aliphatic carbocycles. The van der Waals surface area contributed by atoms with Crippen LogP contribution in [0.1, 0.15) is 47.2 Å². The Kier molecular flexibility index (Phi) is 6.49. The van der Waals surface area contributed by atoms with Crippen LogP contribution in [-0.4, -0.2) is 31.6 Å². The molecule has 150 valence electrons. The minimum atomic E-state index is -3.75. The number of nitrogens with one attached hydrogen (secondary N) is 2. The van der Waals surface area contributed by atoms with E-state index in [0.29, 0.717) is 24.0 Å². The lowest BCUT2D eigenvalue weighted by Gasteiger charge is -2.26. The van der Waals surface area contributed by atoms with E-state index >= 15 is 0 Å². The van der Waals surface area contributed by atoms with Gasteiger partial charge in [-0.05, 0) is 55.9 Å². The molecule has 0 unspecified atom stereocenters. The molecule has 0 atom stereocenters. The molecule has 1 saturated carbocycles. The van der Waals surface area contributed by atoms with Crippen LogP contribution in [0.25, 0.3) is 0 Å². The summed E-state index contributed by atoms with van der Waals surface area (Å²) in [6.07, 6.45) is 2.49. The first kappa shape index (κ1) is 20.5. The number of benzene rings is 2. The molecule has 28 heavy (non-hydrogen) atoms. The third-order valence-corrected chi connectivity index (χ3v) is 6.62. The van der Waals surface area contributed by atoms with Crippen molar-refractivity contribution < 1.29 is 18.3 Å². The first-order valence-corrected chi connectivity index (χ1v) is 11.0. The van der Waals surface area contributed by atoms with E-state index in [2.05, 4.69) is 10.0 Å². The topological polar surface area (TPSA) is 95.5 Å². The number of rotatable bonds is 6. The summed E-state index contributed by atoms with van der Waals surface area (Å²) in [5.74, 6) is -0.291. The molecule has 7 heteroatoms. The Labute approximate surface area is 166 Å². The highest BCUT2D eigenvalue weighted by Crippen LogP contribution is 2.21. The van der Waals surface area contributed by atoms with Crippen molar-refractivity contribution in [1.82, 2.24) is 10.0 Å². The van der Waals surface area contributed by atoms with Crippen LogP contribution in [0.3, 0.4) is 0 Å². The Morgan fingerprint density at radius 1 is 1.07 bits per heavy atom. The predicted molar refractivity (Wildman–Crippen MR) is 107 cm³/mol. The summed E-state index contributed by atoms with van der Waals surface area (Å²) < 4.78 is 28.1. The van der Waals surface area contributed by atoms with Crippen molar-refractivity contribution in [3.8, 4) is 0 Å². The van der Waals surface area contributed by atoms with Crippen molar-refractivity contribution in [2.45, 2.75) is 56.2 Å². The number of hydrogen-bond acceptors (Lipinski definition) is 4. The minimum absolute atomic E-state index is 0.00784. The number of aryl methyl sites for hydroxylation is 1. The molecular weight excluding hydrogens is 376 g/mol. The molecule has 0 spiro atoms. The maximum absolute atomic E-state index is 12.8. The first-order valence-electron chi connectivity index (χ1n) is 9.48. The van der Waals surface area contributed by atoms with Gasteiger partial charge in [0.05, 0.1) is 11.0 Å². The third kappa shape index (κ3) is 5.19. The maximum Gasteiger partial charge on any atom is 0.251 e. The molecule has 1 amide bonds. The van der Waals surface area contributed by atoms with Crippen LogP contribution in [-0.2, 0) is 16.6 Å². The van der Waals surface area contributed by atoms with Gasteiger partial charge in [0, 0.05) is 18.2 Å². The predicted octanol–water partition coefficient (Wildman–Crippen LogP) is 2.51. The van der Waals surface area contributed by atoms with Crippen LogP contribution in [0.5, 0.6) is 0 Å². The Morgan fingerprint density at radius 3 is 2.43 bits per heavy atom. The van der Waals surface area contributed by atoms with E-state index in [9.17, 15) is 18.3 Å².